The molecular weight excluding hydrogens is 220 g/mol. The second-order valence-electron chi connectivity index (χ2n) is 0.302. The molecule has 5 heavy (non-hydrogen) atoms. The van der Waals surface area contributed by atoms with E-state index in [1.54, 1.807) is 0 Å². The molecule has 0 aliphatic heterocycles. The van der Waals surface area contributed by atoms with Crippen LogP contribution in [0.15, 0.2) is 0 Å². The van der Waals surface area contributed by atoms with Gasteiger partial charge in [-0.3, -0.25) is 0 Å². The maximum atomic E-state index is 9.95. The number of rotatable bonds is 1. The molecule has 5 heteroatoms. The molecule has 0 aromatic rings. The molecule has 32 valence electrons. The van der Waals surface area contributed by atoms with Crippen LogP contribution in [-0.2, 0) is 0 Å². The van der Waals surface area contributed by atoms with Crippen LogP contribution in [0.3, 0.4) is 0 Å². The van der Waals surface area contributed by atoms with Gasteiger partial charge in [0.15, 0.2) is 0 Å². The standard InChI is InChI=1S/H2INOPS/c2-4(3)1-5/h2,5H/q-1/i/hT. The molecule has 0 aliphatic rings. The Labute approximate surface area is 46.2 Å². The summed E-state index contributed by atoms with van der Waals surface area (Å²) in [5.41, 5.74) is -1.56. The fourth-order valence-corrected chi connectivity index (χ4v) is 0. The fourth-order valence-electron chi connectivity index (χ4n) is 0. The van der Waals surface area contributed by atoms with Crippen molar-refractivity contribution >= 4 is 15.4 Å². The number of hydrogen-bond donors (Lipinski definition) is 2. The van der Waals surface area contributed by atoms with Gasteiger partial charge in [-0.1, -0.05) is 0 Å². The van der Waals surface area contributed by atoms with E-state index in [0.717, 1.165) is 0 Å². The van der Waals surface area contributed by atoms with Gasteiger partial charge >= 0.3 is 46.1 Å². The first-order chi connectivity index (χ1) is 2.81. The molecule has 0 aromatic carbocycles. The average molecular weight is 224 g/mol. The second-order valence-corrected chi connectivity index (χ2v) is 7.72. The van der Waals surface area contributed by atoms with E-state index in [9.17, 15) is 4.89 Å². The first kappa shape index (κ1) is 4.30. The molecule has 0 saturated carbocycles. The monoisotopic (exact) mass is 224 g/mol. The van der Waals surface area contributed by atoms with Crippen LogP contribution in [0.1, 0.15) is 0 Å². The van der Waals surface area contributed by atoms with Gasteiger partial charge in [0, 0.05) is 0 Å². The van der Waals surface area contributed by atoms with Crippen LogP contribution in [-0.4, -0.2) is 0 Å². The molecule has 0 heterocycles. The SMILES string of the molecule is [3H]N=[P+]([O-])[I-]S. The molecule has 0 radical (unpaired) electrons. The van der Waals surface area contributed by atoms with Crippen LogP contribution in [0.5, 0.6) is 0 Å². The molecular formula is H2INOPS-. The summed E-state index contributed by atoms with van der Waals surface area (Å²) in [6.07, 6.45) is 0. The van der Waals surface area contributed by atoms with Crippen molar-refractivity contribution in [1.82, 2.24) is 0 Å². The zero-order chi connectivity index (χ0) is 4.99. The van der Waals surface area contributed by atoms with E-state index in [1.807, 2.05) is 0 Å². The third-order valence-electron chi connectivity index (χ3n) is 0.0647. The molecule has 0 aliphatic carbocycles. The zero-order valence-corrected chi connectivity index (χ0v) is 6.07. The predicted octanol–water partition coefficient (Wildman–Crippen LogP) is -2.65. The Hall–Kier alpha value is 1.14. The number of thiol groups is 1. The molecule has 0 spiro atoms. The number of nitrogens with one attached hydrogen (secondary N) is 1. The number of hydrogen-bond acceptors (Lipinski definition) is 3. The molecule has 1 atom stereocenters. The van der Waals surface area contributed by atoms with Gasteiger partial charge in [0.2, 0.25) is 0 Å². The predicted molar refractivity (Wildman–Crippen MR) is 18.6 cm³/mol. The van der Waals surface area contributed by atoms with E-state index < -0.39 is 24.9 Å². The quantitative estimate of drug-likeness (QED) is 0.285. The van der Waals surface area contributed by atoms with Crippen LogP contribution in [0.4, 0.5) is 0 Å². The van der Waals surface area contributed by atoms with Gasteiger partial charge in [-0.2, -0.15) is 0 Å². The molecule has 0 amide bonds. The minimum absolute atomic E-state index is 0.606. The number of halogens is 1. The Kier molecular flexibility index (Phi) is 2.87. The van der Waals surface area contributed by atoms with Gasteiger partial charge in [-0.15, -0.1) is 0 Å². The Morgan fingerprint density at radius 3 is 3.00 bits per heavy atom. The van der Waals surface area contributed by atoms with Crippen molar-refractivity contribution < 1.29 is 25.6 Å². The Bertz CT molecular complexity index is 66.6. The molecule has 2 nitrogen and oxygen atoms in total. The Morgan fingerprint density at radius 1 is 2.40 bits per heavy atom. The van der Waals surface area contributed by atoms with Crippen molar-refractivity contribution in [3.8, 4) is 0 Å². The Morgan fingerprint density at radius 2 is 3.00 bits per heavy atom. The van der Waals surface area contributed by atoms with Crippen LogP contribution in [0.2, 0.25) is 1.41 Å². The molecule has 0 rings (SSSR count). The average Bonchev–Trinajstić information content (AvgIpc) is 1.65. The van der Waals surface area contributed by atoms with Gasteiger partial charge in [0.25, 0.3) is 0 Å². The second kappa shape index (κ2) is 3.33. The van der Waals surface area contributed by atoms with E-state index in [4.69, 9.17) is 1.41 Å². The summed E-state index contributed by atoms with van der Waals surface area (Å²) in [7, 11) is 3.71. The summed E-state index contributed by atoms with van der Waals surface area (Å²) in [6.45, 7) is 0. The fraction of sp³-hybridized carbons (Fsp3) is 0. The molecule has 1 unspecified atom stereocenters. The van der Waals surface area contributed by atoms with E-state index in [-0.39, 0.29) is 0 Å². The summed E-state index contributed by atoms with van der Waals surface area (Å²) in [6, 6.07) is 0. The third kappa shape index (κ3) is 5.14. The topological polar surface area (TPSA) is 46.9 Å². The van der Waals surface area contributed by atoms with Crippen molar-refractivity contribution in [3.63, 3.8) is 0 Å². The molecule has 0 saturated heterocycles. The molecule has 1 N–H and O–H groups in total. The minimum atomic E-state index is -1.56. The van der Waals surface area contributed by atoms with Gasteiger partial charge in [0.05, 0.1) is 0 Å². The Balaban J connectivity index is 3.22. The molecule has 0 fully saturated rings. The van der Waals surface area contributed by atoms with E-state index in [0.29, 0.717) is 0 Å². The van der Waals surface area contributed by atoms with Crippen LogP contribution in [0.25, 0.3) is 0 Å². The van der Waals surface area contributed by atoms with Crippen LogP contribution in [0, 0.1) is 5.15 Å². The first-order valence-corrected chi connectivity index (χ1v) is 7.95. The normalized spacial score (nSPS) is 15.6. The first-order valence-electron chi connectivity index (χ1n) is 1.17. The van der Waals surface area contributed by atoms with E-state index >= 15 is 0 Å². The van der Waals surface area contributed by atoms with Gasteiger partial charge < -0.3 is 0 Å². The molecule has 0 aromatic heterocycles. The van der Waals surface area contributed by atoms with Crippen molar-refractivity contribution in [1.29, 1.82) is 5.15 Å². The van der Waals surface area contributed by atoms with Crippen molar-refractivity contribution in [2.45, 2.75) is 0 Å². The maximum absolute atomic E-state index is 9.95. The van der Waals surface area contributed by atoms with Crippen molar-refractivity contribution in [2.75, 3.05) is 0 Å². The summed E-state index contributed by atoms with van der Waals surface area (Å²) in [5.74, 6) is 0. The summed E-state index contributed by atoms with van der Waals surface area (Å²) in [5, 5.41) is 2.74. The summed E-state index contributed by atoms with van der Waals surface area (Å²) in [4.78, 5) is 9.95. The van der Waals surface area contributed by atoms with Crippen LogP contribution >= 0.6 is 15.4 Å². The summed E-state index contributed by atoms with van der Waals surface area (Å²) < 4.78 is 6.13. The zero-order valence-electron chi connectivity index (χ0n) is 3.13. The third-order valence-corrected chi connectivity index (χ3v) is 3.90. The van der Waals surface area contributed by atoms with Crippen molar-refractivity contribution in [3.05, 3.63) is 0 Å². The van der Waals surface area contributed by atoms with Gasteiger partial charge in [-0.05, 0) is 0 Å². The van der Waals surface area contributed by atoms with Gasteiger partial charge in [-0.25, -0.2) is 0 Å². The molecule has 0 bridgehead atoms. The van der Waals surface area contributed by atoms with Crippen LogP contribution < -0.4 is 24.2 Å². The van der Waals surface area contributed by atoms with E-state index in [1.165, 1.54) is 0 Å². The summed E-state index contributed by atoms with van der Waals surface area (Å²) >= 11 is -0.606. The van der Waals surface area contributed by atoms with Gasteiger partial charge in [0.1, 0.15) is 0 Å². The van der Waals surface area contributed by atoms with E-state index in [2.05, 4.69) is 15.0 Å². The van der Waals surface area contributed by atoms with Crippen molar-refractivity contribution in [2.24, 2.45) is 0 Å².